The second kappa shape index (κ2) is 9.01. The third-order valence-corrected chi connectivity index (χ3v) is 5.40. The fraction of sp³-hybridized carbons (Fsp3) is 0.130. The Morgan fingerprint density at radius 3 is 2.65 bits per heavy atom. The molecule has 2 aromatic heterocycles. The predicted octanol–water partition coefficient (Wildman–Crippen LogP) is 4.37. The fourth-order valence-corrected chi connectivity index (χ4v) is 3.82. The number of aryl methyl sites for hydroxylation is 2. The zero-order chi connectivity index (χ0) is 21.8. The lowest BCUT2D eigenvalue weighted by Gasteiger charge is -2.11. The number of anilines is 1. The number of carbonyl (C=O) groups is 1. The summed E-state index contributed by atoms with van der Waals surface area (Å²) in [6.07, 6.45) is 3.39. The van der Waals surface area contributed by atoms with Crippen molar-refractivity contribution < 1.29 is 13.9 Å². The largest absolute Gasteiger partial charge is 0.484 e. The molecular weight excluding hydrogens is 414 g/mol. The van der Waals surface area contributed by atoms with E-state index in [2.05, 4.69) is 15.3 Å². The molecule has 0 radical (unpaired) electrons. The van der Waals surface area contributed by atoms with Gasteiger partial charge in [-0.25, -0.2) is 14.8 Å². The molecule has 0 saturated heterocycles. The van der Waals surface area contributed by atoms with E-state index in [0.29, 0.717) is 22.2 Å². The van der Waals surface area contributed by atoms with Gasteiger partial charge in [0.05, 0.1) is 0 Å². The highest BCUT2D eigenvalue weighted by molar-refractivity contribution is 7.99. The molecule has 0 bridgehead atoms. The molecule has 4 rings (SSSR count). The van der Waals surface area contributed by atoms with Gasteiger partial charge in [0, 0.05) is 40.5 Å². The quantitative estimate of drug-likeness (QED) is 0.356. The van der Waals surface area contributed by atoms with Crippen LogP contribution >= 0.6 is 11.8 Å². The third kappa shape index (κ3) is 5.10. The Kier molecular flexibility index (Phi) is 5.99. The fourth-order valence-electron chi connectivity index (χ4n) is 3.01. The molecule has 0 fully saturated rings. The van der Waals surface area contributed by atoms with Gasteiger partial charge in [0.2, 0.25) is 0 Å². The molecule has 0 spiro atoms. The first-order valence-corrected chi connectivity index (χ1v) is 10.3. The number of hydrogen-bond donors (Lipinski definition) is 1. The third-order valence-electron chi connectivity index (χ3n) is 4.52. The van der Waals surface area contributed by atoms with E-state index in [1.807, 2.05) is 32.0 Å². The van der Waals surface area contributed by atoms with Crippen LogP contribution in [0, 0.1) is 13.8 Å². The minimum absolute atomic E-state index is 0.171. The van der Waals surface area contributed by atoms with Gasteiger partial charge in [-0.1, -0.05) is 0 Å². The summed E-state index contributed by atoms with van der Waals surface area (Å²) in [6.45, 7) is 3.58. The summed E-state index contributed by atoms with van der Waals surface area (Å²) < 4.78 is 10.8. The smallest absolute Gasteiger partial charge is 0.336 e. The van der Waals surface area contributed by atoms with Crippen molar-refractivity contribution in [2.75, 3.05) is 11.9 Å². The molecule has 2 aromatic carbocycles. The van der Waals surface area contributed by atoms with Crippen LogP contribution in [0.5, 0.6) is 5.75 Å². The number of benzene rings is 2. The molecule has 0 aliphatic carbocycles. The molecule has 4 aromatic rings. The van der Waals surface area contributed by atoms with Gasteiger partial charge >= 0.3 is 5.63 Å². The summed E-state index contributed by atoms with van der Waals surface area (Å²) in [5, 5.41) is 4.33. The Hall–Kier alpha value is -3.65. The number of fused-ring (bicyclic) bond motifs is 1. The van der Waals surface area contributed by atoms with Crippen LogP contribution in [-0.2, 0) is 4.79 Å². The predicted molar refractivity (Wildman–Crippen MR) is 119 cm³/mol. The van der Waals surface area contributed by atoms with Crippen LogP contribution in [0.1, 0.15) is 11.1 Å². The normalized spacial score (nSPS) is 10.8. The van der Waals surface area contributed by atoms with Gasteiger partial charge in [0.1, 0.15) is 11.3 Å². The maximum atomic E-state index is 12.4. The molecular formula is C23H19N3O4S. The van der Waals surface area contributed by atoms with Crippen LogP contribution in [0.2, 0.25) is 0 Å². The van der Waals surface area contributed by atoms with Gasteiger partial charge in [-0.15, -0.1) is 0 Å². The average molecular weight is 433 g/mol. The van der Waals surface area contributed by atoms with Crippen molar-refractivity contribution in [3.8, 4) is 5.75 Å². The Morgan fingerprint density at radius 1 is 1.06 bits per heavy atom. The van der Waals surface area contributed by atoms with Crippen molar-refractivity contribution in [3.05, 3.63) is 82.5 Å². The van der Waals surface area contributed by atoms with Gasteiger partial charge in [-0.2, -0.15) is 0 Å². The van der Waals surface area contributed by atoms with E-state index < -0.39 is 5.63 Å². The zero-order valence-electron chi connectivity index (χ0n) is 16.9. The van der Waals surface area contributed by atoms with Gasteiger partial charge in [0.25, 0.3) is 5.91 Å². The van der Waals surface area contributed by atoms with Crippen molar-refractivity contribution in [2.45, 2.75) is 23.9 Å². The molecule has 2 heterocycles. The first kappa shape index (κ1) is 20.6. The highest BCUT2D eigenvalue weighted by Crippen LogP contribution is 2.28. The van der Waals surface area contributed by atoms with Gasteiger partial charge in [-0.3, -0.25) is 4.79 Å². The lowest BCUT2D eigenvalue weighted by molar-refractivity contribution is -0.118. The van der Waals surface area contributed by atoms with Gasteiger partial charge in [0.15, 0.2) is 11.8 Å². The van der Waals surface area contributed by atoms with Crippen molar-refractivity contribution in [3.63, 3.8) is 0 Å². The molecule has 0 aliphatic rings. The maximum Gasteiger partial charge on any atom is 0.336 e. The van der Waals surface area contributed by atoms with Crippen molar-refractivity contribution >= 4 is 34.3 Å². The topological polar surface area (TPSA) is 94.3 Å². The minimum Gasteiger partial charge on any atom is -0.484 e. The first-order chi connectivity index (χ1) is 15.0. The Morgan fingerprint density at radius 2 is 1.87 bits per heavy atom. The van der Waals surface area contributed by atoms with E-state index in [4.69, 9.17) is 9.15 Å². The summed E-state index contributed by atoms with van der Waals surface area (Å²) in [5.41, 5.74) is 2.45. The van der Waals surface area contributed by atoms with Crippen LogP contribution < -0.4 is 15.7 Å². The molecule has 156 valence electrons. The molecule has 1 N–H and O–H groups in total. The van der Waals surface area contributed by atoms with Crippen LogP contribution in [0.4, 0.5) is 5.69 Å². The van der Waals surface area contributed by atoms with Crippen LogP contribution in [0.3, 0.4) is 0 Å². The zero-order valence-corrected chi connectivity index (χ0v) is 17.7. The van der Waals surface area contributed by atoms with E-state index in [-0.39, 0.29) is 12.5 Å². The SMILES string of the molecule is Cc1cc(Sc2ncccn2)ccc1NC(=O)COc1ccc2c(C)cc(=O)oc2c1. The van der Waals surface area contributed by atoms with Crippen molar-refractivity contribution in [2.24, 2.45) is 0 Å². The molecule has 0 saturated carbocycles. The lowest BCUT2D eigenvalue weighted by atomic mass is 10.1. The number of nitrogens with zero attached hydrogens (tertiary/aromatic N) is 2. The summed E-state index contributed by atoms with van der Waals surface area (Å²) in [4.78, 5) is 33.3. The van der Waals surface area contributed by atoms with E-state index in [9.17, 15) is 9.59 Å². The van der Waals surface area contributed by atoms with Crippen molar-refractivity contribution in [1.82, 2.24) is 9.97 Å². The standard InChI is InChI=1S/C23H19N3O4S/c1-14-11-22(28)30-20-12-16(4-6-18(14)20)29-13-21(27)26-19-7-5-17(10-15(19)2)31-23-24-8-3-9-25-23/h3-12H,13H2,1-2H3,(H,26,27). The number of ether oxygens (including phenoxy) is 1. The van der Waals surface area contributed by atoms with Crippen molar-refractivity contribution in [1.29, 1.82) is 0 Å². The Bertz CT molecular complexity index is 1310. The van der Waals surface area contributed by atoms with Crippen LogP contribution in [0.15, 0.2) is 80.2 Å². The van der Waals surface area contributed by atoms with E-state index >= 15 is 0 Å². The van der Waals surface area contributed by atoms with E-state index in [1.165, 1.54) is 17.8 Å². The molecule has 0 aliphatic heterocycles. The number of carbonyl (C=O) groups excluding carboxylic acids is 1. The Labute approximate surface area is 182 Å². The number of nitrogens with one attached hydrogen (secondary N) is 1. The summed E-state index contributed by atoms with van der Waals surface area (Å²) in [7, 11) is 0. The van der Waals surface area contributed by atoms with Gasteiger partial charge in [-0.05, 0) is 73.1 Å². The number of hydrogen-bond acceptors (Lipinski definition) is 7. The van der Waals surface area contributed by atoms with Crippen LogP contribution in [-0.4, -0.2) is 22.5 Å². The number of aromatic nitrogens is 2. The summed E-state index contributed by atoms with van der Waals surface area (Å²) >= 11 is 1.45. The Balaban J connectivity index is 1.38. The second-order valence-corrected chi connectivity index (χ2v) is 7.89. The number of rotatable bonds is 6. The molecule has 1 amide bonds. The average Bonchev–Trinajstić information content (AvgIpc) is 2.74. The first-order valence-electron chi connectivity index (χ1n) is 9.50. The molecule has 7 nitrogen and oxygen atoms in total. The lowest BCUT2D eigenvalue weighted by Crippen LogP contribution is -2.20. The number of amides is 1. The van der Waals surface area contributed by atoms with E-state index in [0.717, 1.165) is 21.4 Å². The van der Waals surface area contributed by atoms with Gasteiger partial charge < -0.3 is 14.5 Å². The summed E-state index contributed by atoms with van der Waals surface area (Å²) in [6, 6.07) is 14.1. The maximum absolute atomic E-state index is 12.4. The second-order valence-electron chi connectivity index (χ2n) is 6.85. The molecule has 0 atom stereocenters. The summed E-state index contributed by atoms with van der Waals surface area (Å²) in [5.74, 6) is 0.156. The monoisotopic (exact) mass is 433 g/mol. The van der Waals surface area contributed by atoms with Crippen LogP contribution in [0.25, 0.3) is 11.0 Å². The highest BCUT2D eigenvalue weighted by Gasteiger charge is 2.09. The molecule has 0 unspecified atom stereocenters. The van der Waals surface area contributed by atoms with E-state index in [1.54, 1.807) is 36.7 Å². The molecule has 31 heavy (non-hydrogen) atoms. The molecule has 8 heteroatoms. The highest BCUT2D eigenvalue weighted by atomic mass is 32.2. The minimum atomic E-state index is -0.421.